The highest BCUT2D eigenvalue weighted by Crippen LogP contribution is 2.29. The van der Waals surface area contributed by atoms with Crippen LogP contribution in [0, 0.1) is 6.92 Å². The van der Waals surface area contributed by atoms with Gasteiger partial charge in [0.1, 0.15) is 11.5 Å². The van der Waals surface area contributed by atoms with Gasteiger partial charge in [-0.1, -0.05) is 53.7 Å². The predicted molar refractivity (Wildman–Crippen MR) is 144 cm³/mol. The van der Waals surface area contributed by atoms with Crippen molar-refractivity contribution < 1.29 is 24.2 Å². The van der Waals surface area contributed by atoms with Gasteiger partial charge in [-0.25, -0.2) is 10.2 Å². The second kappa shape index (κ2) is 12.5. The van der Waals surface area contributed by atoms with Crippen LogP contribution in [0.5, 0.6) is 11.5 Å². The quantitative estimate of drug-likeness (QED) is 0.169. The number of rotatable bonds is 11. The molecular weight excluding hydrogens is 506 g/mol. The lowest BCUT2D eigenvalue weighted by atomic mass is 10.1. The number of carboxylic acids is 1. The zero-order chi connectivity index (χ0) is 26.9. The van der Waals surface area contributed by atoms with Crippen LogP contribution in [0.4, 0.5) is 0 Å². The molecule has 0 atom stereocenters. The van der Waals surface area contributed by atoms with Gasteiger partial charge in [0.05, 0.1) is 19.1 Å². The van der Waals surface area contributed by atoms with Crippen molar-refractivity contribution in [3.8, 4) is 28.6 Å². The van der Waals surface area contributed by atoms with E-state index in [1.54, 1.807) is 31.4 Å². The molecular formula is C27H25N5O5S. The molecule has 0 bridgehead atoms. The minimum atomic E-state index is -1.09. The van der Waals surface area contributed by atoms with Gasteiger partial charge < -0.3 is 14.6 Å². The summed E-state index contributed by atoms with van der Waals surface area (Å²) in [5.74, 6) is 0.315. The van der Waals surface area contributed by atoms with Crippen LogP contribution in [0.25, 0.3) is 17.1 Å². The van der Waals surface area contributed by atoms with E-state index in [0.717, 1.165) is 22.6 Å². The Labute approximate surface area is 223 Å². The smallest absolute Gasteiger partial charge is 0.341 e. The molecule has 0 saturated carbocycles. The van der Waals surface area contributed by atoms with Crippen molar-refractivity contribution in [2.24, 2.45) is 5.10 Å². The summed E-state index contributed by atoms with van der Waals surface area (Å²) < 4.78 is 12.4. The average molecular weight is 532 g/mol. The number of methoxy groups -OCH3 is 1. The van der Waals surface area contributed by atoms with Gasteiger partial charge in [-0.3, -0.25) is 9.36 Å². The number of hydrogen-bond acceptors (Lipinski definition) is 8. The Kier molecular flexibility index (Phi) is 8.73. The molecule has 1 aromatic heterocycles. The number of aryl methyl sites for hydroxylation is 1. The second-order valence-corrected chi connectivity index (χ2v) is 8.95. The van der Waals surface area contributed by atoms with Gasteiger partial charge in [-0.2, -0.15) is 5.10 Å². The third-order valence-corrected chi connectivity index (χ3v) is 6.20. The van der Waals surface area contributed by atoms with E-state index >= 15 is 0 Å². The number of para-hydroxylation sites is 1. The number of ether oxygens (including phenoxy) is 2. The number of carboxylic acid groups (broad SMARTS) is 1. The summed E-state index contributed by atoms with van der Waals surface area (Å²) in [4.78, 5) is 23.3. The summed E-state index contributed by atoms with van der Waals surface area (Å²) in [6.45, 7) is 1.54. The fraction of sp³-hybridized carbons (Fsp3) is 0.148. The van der Waals surface area contributed by atoms with Gasteiger partial charge in [0.15, 0.2) is 17.6 Å². The molecule has 38 heavy (non-hydrogen) atoms. The summed E-state index contributed by atoms with van der Waals surface area (Å²) in [5, 5.41) is 22.1. The number of aromatic nitrogens is 3. The number of carbonyl (C=O) groups excluding carboxylic acids is 1. The van der Waals surface area contributed by atoms with Crippen LogP contribution >= 0.6 is 11.8 Å². The maximum absolute atomic E-state index is 12.5. The molecule has 0 fully saturated rings. The number of carbonyl (C=O) groups is 2. The van der Waals surface area contributed by atoms with Gasteiger partial charge in [-0.05, 0) is 43.3 Å². The molecule has 10 nitrogen and oxygen atoms in total. The maximum atomic E-state index is 12.5. The molecule has 1 heterocycles. The van der Waals surface area contributed by atoms with E-state index in [-0.39, 0.29) is 11.7 Å². The number of benzene rings is 3. The lowest BCUT2D eigenvalue weighted by Crippen LogP contribution is -2.20. The number of nitrogens with one attached hydrogen (secondary N) is 1. The zero-order valence-corrected chi connectivity index (χ0v) is 21.5. The molecule has 0 aliphatic rings. The van der Waals surface area contributed by atoms with Crippen LogP contribution in [0.3, 0.4) is 0 Å². The van der Waals surface area contributed by atoms with E-state index in [9.17, 15) is 9.59 Å². The Morgan fingerprint density at radius 3 is 2.50 bits per heavy atom. The summed E-state index contributed by atoms with van der Waals surface area (Å²) in [6.07, 6.45) is 1.40. The van der Waals surface area contributed by atoms with Crippen molar-refractivity contribution in [1.29, 1.82) is 0 Å². The Bertz CT molecular complexity index is 1440. The van der Waals surface area contributed by atoms with Gasteiger partial charge in [0, 0.05) is 16.8 Å². The lowest BCUT2D eigenvalue weighted by molar-refractivity contribution is -0.139. The first-order valence-electron chi connectivity index (χ1n) is 11.5. The van der Waals surface area contributed by atoms with Gasteiger partial charge >= 0.3 is 5.97 Å². The summed E-state index contributed by atoms with van der Waals surface area (Å²) in [5.41, 5.74) is 5.86. The molecule has 0 radical (unpaired) electrons. The molecule has 194 valence electrons. The highest BCUT2D eigenvalue weighted by molar-refractivity contribution is 7.99. The average Bonchev–Trinajstić information content (AvgIpc) is 3.35. The summed E-state index contributed by atoms with van der Waals surface area (Å²) >= 11 is 1.22. The third-order valence-electron chi connectivity index (χ3n) is 5.27. The van der Waals surface area contributed by atoms with Crippen molar-refractivity contribution >= 4 is 29.9 Å². The van der Waals surface area contributed by atoms with Gasteiger partial charge in [-0.15, -0.1) is 10.2 Å². The monoisotopic (exact) mass is 531 g/mol. The summed E-state index contributed by atoms with van der Waals surface area (Å²) in [7, 11) is 1.61. The largest absolute Gasteiger partial charge is 0.497 e. The van der Waals surface area contributed by atoms with E-state index in [1.807, 2.05) is 60.0 Å². The first kappa shape index (κ1) is 26.4. The van der Waals surface area contributed by atoms with Crippen LogP contribution < -0.4 is 14.9 Å². The minimum Gasteiger partial charge on any atom is -0.497 e. The topological polar surface area (TPSA) is 128 Å². The SMILES string of the molecule is COc1ccc(-n2c(SCC(=O)N/N=C\c3ccccc3OCC(=O)O)nnc2-c2ccc(C)cc2)cc1. The van der Waals surface area contributed by atoms with Crippen molar-refractivity contribution in [3.05, 3.63) is 83.9 Å². The zero-order valence-electron chi connectivity index (χ0n) is 20.7. The van der Waals surface area contributed by atoms with Crippen molar-refractivity contribution in [3.63, 3.8) is 0 Å². The van der Waals surface area contributed by atoms with E-state index in [2.05, 4.69) is 20.7 Å². The third kappa shape index (κ3) is 6.77. The van der Waals surface area contributed by atoms with Gasteiger partial charge in [0.25, 0.3) is 5.91 Å². The number of hydrogen-bond donors (Lipinski definition) is 2. The van der Waals surface area contributed by atoms with Gasteiger partial charge in [0.2, 0.25) is 0 Å². The van der Waals surface area contributed by atoms with Crippen LogP contribution in [0.1, 0.15) is 11.1 Å². The molecule has 0 spiro atoms. The van der Waals surface area contributed by atoms with Crippen molar-refractivity contribution in [2.45, 2.75) is 12.1 Å². The first-order chi connectivity index (χ1) is 18.4. The van der Waals surface area contributed by atoms with E-state index < -0.39 is 12.6 Å². The van der Waals surface area contributed by atoms with Crippen LogP contribution in [-0.2, 0) is 9.59 Å². The molecule has 2 N–H and O–H groups in total. The molecule has 0 aliphatic heterocycles. The standard InChI is InChI=1S/C27H25N5O5S/c1-18-7-9-19(10-8-18)26-30-31-27(32(26)21-11-13-22(36-2)14-12-21)38-17-24(33)29-28-15-20-5-3-4-6-23(20)37-16-25(34)35/h3-15H,16-17H2,1-2H3,(H,29,33)(H,34,35)/b28-15-. The first-order valence-corrected chi connectivity index (χ1v) is 12.5. The molecule has 0 saturated heterocycles. The fourth-order valence-electron chi connectivity index (χ4n) is 3.41. The molecule has 11 heteroatoms. The molecule has 1 amide bonds. The van der Waals surface area contributed by atoms with Crippen molar-refractivity contribution in [1.82, 2.24) is 20.2 Å². The highest BCUT2D eigenvalue weighted by Gasteiger charge is 2.17. The summed E-state index contributed by atoms with van der Waals surface area (Å²) in [6, 6.07) is 22.3. The Balaban J connectivity index is 1.48. The molecule has 0 aliphatic carbocycles. The van der Waals surface area contributed by atoms with Crippen LogP contribution in [-0.4, -0.2) is 57.4 Å². The fourth-order valence-corrected chi connectivity index (χ4v) is 4.16. The van der Waals surface area contributed by atoms with E-state index in [4.69, 9.17) is 14.6 Å². The molecule has 3 aromatic carbocycles. The number of amides is 1. The van der Waals surface area contributed by atoms with E-state index in [0.29, 0.717) is 22.3 Å². The Morgan fingerprint density at radius 1 is 1.05 bits per heavy atom. The molecule has 0 unspecified atom stereocenters. The molecule has 4 rings (SSSR count). The number of nitrogens with zero attached hydrogens (tertiary/aromatic N) is 4. The lowest BCUT2D eigenvalue weighted by Gasteiger charge is -2.11. The van der Waals surface area contributed by atoms with Crippen LogP contribution in [0.2, 0.25) is 0 Å². The number of aliphatic carboxylic acids is 1. The van der Waals surface area contributed by atoms with Crippen LogP contribution in [0.15, 0.2) is 83.1 Å². The number of hydrazone groups is 1. The second-order valence-electron chi connectivity index (χ2n) is 8.01. The van der Waals surface area contributed by atoms with E-state index in [1.165, 1.54) is 18.0 Å². The minimum absolute atomic E-state index is 0.0384. The maximum Gasteiger partial charge on any atom is 0.341 e. The van der Waals surface area contributed by atoms with Crippen molar-refractivity contribution in [2.75, 3.05) is 19.5 Å². The normalized spacial score (nSPS) is 10.9. The number of thioether (sulfide) groups is 1. The highest BCUT2D eigenvalue weighted by atomic mass is 32.2. The Hall–Kier alpha value is -4.64. The predicted octanol–water partition coefficient (Wildman–Crippen LogP) is 3.96. The Morgan fingerprint density at radius 2 is 1.79 bits per heavy atom. The molecule has 4 aromatic rings.